The Kier molecular flexibility index (Phi) is 5.76. The summed E-state index contributed by atoms with van der Waals surface area (Å²) in [6, 6.07) is 1.54. The Hall–Kier alpha value is -2.70. The molecule has 1 saturated carbocycles. The molecule has 0 bridgehead atoms. The van der Waals surface area contributed by atoms with E-state index < -0.39 is 43.4 Å². The second kappa shape index (κ2) is 7.85. The summed E-state index contributed by atoms with van der Waals surface area (Å²) in [7, 11) is -5.80. The Balaban J connectivity index is 1.60. The highest BCUT2D eigenvalue weighted by Gasteiger charge is 2.52. The van der Waals surface area contributed by atoms with Crippen molar-refractivity contribution in [1.29, 1.82) is 0 Å². The van der Waals surface area contributed by atoms with Crippen LogP contribution in [-0.4, -0.2) is 60.3 Å². The number of imide groups is 1. The average Bonchev–Trinajstić information content (AvgIpc) is 3.24. The van der Waals surface area contributed by atoms with Gasteiger partial charge in [0.2, 0.25) is 0 Å². The van der Waals surface area contributed by atoms with Crippen molar-refractivity contribution in [3.63, 3.8) is 0 Å². The second-order valence-corrected chi connectivity index (χ2v) is 8.95. The average molecular weight is 448 g/mol. The van der Waals surface area contributed by atoms with Gasteiger partial charge in [0.1, 0.15) is 5.54 Å². The zero-order chi connectivity index (χ0) is 22.2. The third-order valence-corrected chi connectivity index (χ3v) is 6.57. The predicted octanol–water partition coefficient (Wildman–Crippen LogP) is 1.36. The molecule has 0 unspecified atom stereocenters. The summed E-state index contributed by atoms with van der Waals surface area (Å²) in [5.74, 6) is -1.38. The van der Waals surface area contributed by atoms with Crippen molar-refractivity contribution in [3.8, 4) is 0 Å². The number of aromatic nitrogens is 1. The van der Waals surface area contributed by atoms with E-state index in [1.165, 1.54) is 0 Å². The Morgan fingerprint density at radius 3 is 2.57 bits per heavy atom. The lowest BCUT2D eigenvalue weighted by atomic mass is 9.98. The van der Waals surface area contributed by atoms with E-state index >= 15 is 0 Å². The Morgan fingerprint density at radius 1 is 1.27 bits per heavy atom. The van der Waals surface area contributed by atoms with Crippen LogP contribution in [0.2, 0.25) is 0 Å². The second-order valence-electron chi connectivity index (χ2n) is 7.09. The molecule has 2 fully saturated rings. The fourth-order valence-electron chi connectivity index (χ4n) is 3.62. The summed E-state index contributed by atoms with van der Waals surface area (Å²) in [6.07, 6.45) is 3.80. The van der Waals surface area contributed by atoms with Crippen LogP contribution in [0.1, 0.15) is 42.5 Å². The third-order valence-electron chi connectivity index (χ3n) is 5.12. The SMILES string of the molecule is O=C(NCCCN1C(=O)NC2(CCCC2)C1=O)c1cccnc1S(=O)(=O)C(F)(F)F. The Labute approximate surface area is 169 Å². The summed E-state index contributed by atoms with van der Waals surface area (Å²) >= 11 is 0. The number of alkyl halides is 3. The lowest BCUT2D eigenvalue weighted by Crippen LogP contribution is -2.44. The first-order chi connectivity index (χ1) is 14.0. The zero-order valence-corrected chi connectivity index (χ0v) is 16.5. The molecule has 3 rings (SSSR count). The van der Waals surface area contributed by atoms with Gasteiger partial charge < -0.3 is 10.6 Å². The summed E-state index contributed by atoms with van der Waals surface area (Å²) in [4.78, 5) is 41.1. The van der Waals surface area contributed by atoms with E-state index in [9.17, 15) is 36.0 Å². The molecule has 13 heteroatoms. The van der Waals surface area contributed by atoms with Crippen LogP contribution in [0, 0.1) is 0 Å². The van der Waals surface area contributed by atoms with Gasteiger partial charge in [-0.2, -0.15) is 13.2 Å². The molecule has 1 aliphatic heterocycles. The number of sulfone groups is 1. The van der Waals surface area contributed by atoms with Gasteiger partial charge in [-0.1, -0.05) is 12.8 Å². The number of hydrogen-bond acceptors (Lipinski definition) is 6. The maximum absolute atomic E-state index is 12.8. The van der Waals surface area contributed by atoms with E-state index in [0.29, 0.717) is 12.8 Å². The van der Waals surface area contributed by atoms with E-state index in [1.807, 2.05) is 0 Å². The normalized spacial score (nSPS) is 18.7. The number of urea groups is 1. The highest BCUT2D eigenvalue weighted by Crippen LogP contribution is 2.35. The third kappa shape index (κ3) is 3.85. The molecule has 0 radical (unpaired) electrons. The Morgan fingerprint density at radius 2 is 1.93 bits per heavy atom. The van der Waals surface area contributed by atoms with E-state index in [1.54, 1.807) is 0 Å². The van der Waals surface area contributed by atoms with E-state index in [2.05, 4.69) is 15.6 Å². The number of amides is 4. The minimum Gasteiger partial charge on any atom is -0.352 e. The van der Waals surface area contributed by atoms with Crippen molar-refractivity contribution in [1.82, 2.24) is 20.5 Å². The molecule has 1 spiro atoms. The van der Waals surface area contributed by atoms with Crippen LogP contribution in [0.15, 0.2) is 23.4 Å². The number of nitrogens with zero attached hydrogens (tertiary/aromatic N) is 2. The standard InChI is InChI=1S/C17H19F3N4O5S/c18-17(19,20)30(28,29)13-11(5-3-8-22-13)12(25)21-9-4-10-24-14(26)16(23-15(24)27)6-1-2-7-16/h3,5,8H,1-2,4,6-7,9-10H2,(H,21,25)(H,23,27). The van der Waals surface area contributed by atoms with Gasteiger partial charge in [-0.05, 0) is 31.4 Å². The smallest absolute Gasteiger partial charge is 0.352 e. The summed E-state index contributed by atoms with van der Waals surface area (Å²) in [6.45, 7) is -0.0866. The molecule has 0 aromatic carbocycles. The van der Waals surface area contributed by atoms with Crippen LogP contribution < -0.4 is 10.6 Å². The first kappa shape index (κ1) is 22.0. The van der Waals surface area contributed by atoms with Gasteiger partial charge in [0.25, 0.3) is 21.7 Å². The van der Waals surface area contributed by atoms with Crippen LogP contribution in [0.5, 0.6) is 0 Å². The molecule has 1 aromatic rings. The molecular formula is C17H19F3N4O5S. The van der Waals surface area contributed by atoms with E-state index in [4.69, 9.17) is 0 Å². The number of rotatable bonds is 6. The summed E-state index contributed by atoms with van der Waals surface area (Å²) in [5, 5.41) is 3.63. The van der Waals surface area contributed by atoms with Gasteiger partial charge in [0.05, 0.1) is 5.56 Å². The number of nitrogens with one attached hydrogen (secondary N) is 2. The quantitative estimate of drug-likeness (QED) is 0.500. The van der Waals surface area contributed by atoms with Crippen LogP contribution in [0.3, 0.4) is 0 Å². The fourth-order valence-corrected chi connectivity index (χ4v) is 4.49. The summed E-state index contributed by atoms with van der Waals surface area (Å²) in [5.41, 5.74) is -7.19. The molecular weight excluding hydrogens is 429 g/mol. The van der Waals surface area contributed by atoms with E-state index in [0.717, 1.165) is 36.1 Å². The van der Waals surface area contributed by atoms with E-state index in [-0.39, 0.29) is 25.4 Å². The highest BCUT2D eigenvalue weighted by atomic mass is 32.2. The number of halogens is 3. The lowest BCUT2D eigenvalue weighted by molar-refractivity contribution is -0.131. The number of hydrogen-bond donors (Lipinski definition) is 2. The molecule has 1 aromatic heterocycles. The molecule has 164 valence electrons. The van der Waals surface area contributed by atoms with Gasteiger partial charge in [0.15, 0.2) is 5.03 Å². The molecule has 9 nitrogen and oxygen atoms in total. The minimum atomic E-state index is -5.80. The minimum absolute atomic E-state index is 0.00738. The number of carbonyl (C=O) groups excluding carboxylic acids is 3. The van der Waals surface area contributed by atoms with Gasteiger partial charge in [-0.15, -0.1) is 0 Å². The van der Waals surface area contributed by atoms with Crippen LogP contribution in [0.25, 0.3) is 0 Å². The van der Waals surface area contributed by atoms with Crippen molar-refractivity contribution >= 4 is 27.7 Å². The van der Waals surface area contributed by atoms with Crippen molar-refractivity contribution < 1.29 is 36.0 Å². The zero-order valence-electron chi connectivity index (χ0n) is 15.7. The van der Waals surface area contributed by atoms with Gasteiger partial charge in [-0.3, -0.25) is 14.5 Å². The topological polar surface area (TPSA) is 126 Å². The number of pyridine rings is 1. The maximum atomic E-state index is 12.8. The van der Waals surface area contributed by atoms with Crippen molar-refractivity contribution in [2.75, 3.05) is 13.1 Å². The maximum Gasteiger partial charge on any atom is 0.503 e. The predicted molar refractivity (Wildman–Crippen MR) is 95.9 cm³/mol. The van der Waals surface area contributed by atoms with Gasteiger partial charge in [0, 0.05) is 19.3 Å². The largest absolute Gasteiger partial charge is 0.503 e. The molecule has 30 heavy (non-hydrogen) atoms. The lowest BCUT2D eigenvalue weighted by Gasteiger charge is -2.20. The monoisotopic (exact) mass is 448 g/mol. The fraction of sp³-hybridized carbons (Fsp3) is 0.529. The first-order valence-corrected chi connectivity index (χ1v) is 10.7. The number of carbonyl (C=O) groups is 3. The van der Waals surface area contributed by atoms with Crippen molar-refractivity contribution in [2.24, 2.45) is 0 Å². The molecule has 0 atom stereocenters. The molecule has 1 aliphatic carbocycles. The van der Waals surface area contributed by atoms with Gasteiger partial charge >= 0.3 is 11.5 Å². The molecule has 1 saturated heterocycles. The molecule has 2 N–H and O–H groups in total. The van der Waals surface area contributed by atoms with Crippen molar-refractivity contribution in [2.45, 2.75) is 48.2 Å². The summed E-state index contributed by atoms with van der Waals surface area (Å²) < 4.78 is 61.7. The highest BCUT2D eigenvalue weighted by molar-refractivity contribution is 7.92. The van der Waals surface area contributed by atoms with Crippen LogP contribution in [-0.2, 0) is 14.6 Å². The van der Waals surface area contributed by atoms with Crippen LogP contribution >= 0.6 is 0 Å². The molecule has 4 amide bonds. The first-order valence-electron chi connectivity index (χ1n) is 9.18. The van der Waals surface area contributed by atoms with Crippen molar-refractivity contribution in [3.05, 3.63) is 23.9 Å². The Bertz CT molecular complexity index is 974. The molecule has 2 aliphatic rings. The van der Waals surface area contributed by atoms with Crippen LogP contribution in [0.4, 0.5) is 18.0 Å². The molecule has 2 heterocycles. The van der Waals surface area contributed by atoms with Gasteiger partial charge in [-0.25, -0.2) is 18.2 Å².